The van der Waals surface area contributed by atoms with Crippen LogP contribution in [0, 0.1) is 0 Å². The van der Waals surface area contributed by atoms with Crippen LogP contribution in [0.15, 0.2) is 41.3 Å². The number of nitrogens with zero attached hydrogens (tertiary/aromatic N) is 2. The van der Waals surface area contributed by atoms with Crippen molar-refractivity contribution in [3.05, 3.63) is 52.8 Å². The lowest BCUT2D eigenvalue weighted by molar-refractivity contribution is 0.491. The van der Waals surface area contributed by atoms with Crippen LogP contribution < -0.4 is 4.72 Å². The Hall–Kier alpha value is -1.60. The standard InChI is InChI=1S/C21H25Cl2N3O2S/c1-5-20-24-17-13-19(29(27,28)25-21(2,3)4)16(23)12-18(17)26(20)15-8-6-14(7-9-15)10-11-22/h6-9,12-13,25H,5,10-11H2,1-4H3. The molecule has 0 bridgehead atoms. The first kappa shape index (κ1) is 22.1. The van der Waals surface area contributed by atoms with Gasteiger partial charge in [0.15, 0.2) is 0 Å². The Morgan fingerprint density at radius 2 is 1.79 bits per heavy atom. The van der Waals surface area contributed by atoms with Crippen LogP contribution in [0.1, 0.15) is 39.1 Å². The maximum Gasteiger partial charge on any atom is 0.242 e. The number of benzene rings is 2. The van der Waals surface area contributed by atoms with Crippen LogP contribution in [0.25, 0.3) is 16.7 Å². The molecule has 8 heteroatoms. The van der Waals surface area contributed by atoms with Gasteiger partial charge >= 0.3 is 0 Å². The van der Waals surface area contributed by atoms with Gasteiger partial charge in [0.25, 0.3) is 0 Å². The van der Waals surface area contributed by atoms with Gasteiger partial charge in [0.2, 0.25) is 10.0 Å². The number of aromatic nitrogens is 2. The number of imidazole rings is 1. The highest BCUT2D eigenvalue weighted by Gasteiger charge is 2.26. The molecule has 0 radical (unpaired) electrons. The molecule has 0 saturated carbocycles. The number of hydrogen-bond acceptors (Lipinski definition) is 3. The Labute approximate surface area is 182 Å². The fourth-order valence-electron chi connectivity index (χ4n) is 3.24. The highest BCUT2D eigenvalue weighted by Crippen LogP contribution is 2.31. The second-order valence-corrected chi connectivity index (χ2v) is 10.4. The quantitative estimate of drug-likeness (QED) is 0.527. The molecular weight excluding hydrogens is 429 g/mol. The van der Waals surface area contributed by atoms with E-state index >= 15 is 0 Å². The monoisotopic (exact) mass is 453 g/mol. The Balaban J connectivity index is 2.15. The smallest absolute Gasteiger partial charge is 0.242 e. The topological polar surface area (TPSA) is 64.0 Å². The summed E-state index contributed by atoms with van der Waals surface area (Å²) in [6.07, 6.45) is 1.50. The summed E-state index contributed by atoms with van der Waals surface area (Å²) < 4.78 is 30.3. The number of nitrogens with one attached hydrogen (secondary N) is 1. The molecule has 0 spiro atoms. The molecule has 0 fully saturated rings. The van der Waals surface area contributed by atoms with Gasteiger partial charge in [-0.05, 0) is 57.0 Å². The molecule has 0 amide bonds. The fraction of sp³-hybridized carbons (Fsp3) is 0.381. The summed E-state index contributed by atoms with van der Waals surface area (Å²) in [5.41, 5.74) is 2.85. The van der Waals surface area contributed by atoms with Crippen LogP contribution in [0.2, 0.25) is 5.02 Å². The summed E-state index contributed by atoms with van der Waals surface area (Å²) in [7, 11) is -3.77. The van der Waals surface area contributed by atoms with Gasteiger partial charge in [0.1, 0.15) is 10.7 Å². The van der Waals surface area contributed by atoms with Crippen molar-refractivity contribution in [3.8, 4) is 5.69 Å². The minimum absolute atomic E-state index is 0.0337. The first-order valence-electron chi connectivity index (χ1n) is 9.46. The van der Waals surface area contributed by atoms with E-state index in [0.29, 0.717) is 17.8 Å². The van der Waals surface area contributed by atoms with Crippen molar-refractivity contribution in [1.82, 2.24) is 14.3 Å². The first-order chi connectivity index (χ1) is 13.6. The van der Waals surface area contributed by atoms with E-state index in [-0.39, 0.29) is 9.92 Å². The highest BCUT2D eigenvalue weighted by atomic mass is 35.5. The summed E-state index contributed by atoms with van der Waals surface area (Å²) >= 11 is 12.2. The van der Waals surface area contributed by atoms with Crippen LogP contribution in [0.5, 0.6) is 0 Å². The molecule has 5 nitrogen and oxygen atoms in total. The Kier molecular flexibility index (Phi) is 6.30. The summed E-state index contributed by atoms with van der Waals surface area (Å²) in [4.78, 5) is 4.70. The van der Waals surface area contributed by atoms with Crippen LogP contribution in [-0.4, -0.2) is 29.4 Å². The van der Waals surface area contributed by atoms with Crippen LogP contribution >= 0.6 is 23.2 Å². The molecule has 0 unspecified atom stereocenters. The molecule has 2 aromatic carbocycles. The molecule has 1 heterocycles. The van der Waals surface area contributed by atoms with E-state index in [4.69, 9.17) is 23.2 Å². The van der Waals surface area contributed by atoms with Crippen molar-refractivity contribution in [3.63, 3.8) is 0 Å². The van der Waals surface area contributed by atoms with Gasteiger partial charge in [-0.2, -0.15) is 0 Å². The van der Waals surface area contributed by atoms with E-state index in [0.717, 1.165) is 29.0 Å². The van der Waals surface area contributed by atoms with Crippen molar-refractivity contribution in [2.75, 3.05) is 5.88 Å². The SMILES string of the molecule is CCc1nc2cc(S(=O)(=O)NC(C)(C)C)c(Cl)cc2n1-c1ccc(CCCl)cc1. The number of aryl methyl sites for hydroxylation is 2. The zero-order valence-corrected chi connectivity index (χ0v) is 19.3. The van der Waals surface area contributed by atoms with Crippen molar-refractivity contribution < 1.29 is 8.42 Å². The highest BCUT2D eigenvalue weighted by molar-refractivity contribution is 7.89. The van der Waals surface area contributed by atoms with Crippen LogP contribution in [0.4, 0.5) is 0 Å². The predicted octanol–water partition coefficient (Wildman–Crippen LogP) is 5.10. The molecule has 156 valence electrons. The van der Waals surface area contributed by atoms with Gasteiger partial charge < -0.3 is 0 Å². The van der Waals surface area contributed by atoms with Crippen LogP contribution in [0.3, 0.4) is 0 Å². The molecule has 0 atom stereocenters. The van der Waals surface area contributed by atoms with E-state index < -0.39 is 15.6 Å². The zero-order chi connectivity index (χ0) is 21.4. The van der Waals surface area contributed by atoms with Gasteiger partial charge in [-0.25, -0.2) is 18.1 Å². The van der Waals surface area contributed by atoms with E-state index in [2.05, 4.69) is 9.71 Å². The van der Waals surface area contributed by atoms with E-state index in [1.54, 1.807) is 32.9 Å². The van der Waals surface area contributed by atoms with E-state index in [1.165, 1.54) is 0 Å². The Morgan fingerprint density at radius 1 is 1.14 bits per heavy atom. The van der Waals surface area contributed by atoms with Crippen LogP contribution in [-0.2, 0) is 22.9 Å². The fourth-order valence-corrected chi connectivity index (χ4v) is 5.42. The normalized spacial score (nSPS) is 12.6. The maximum atomic E-state index is 12.8. The van der Waals surface area contributed by atoms with Gasteiger partial charge in [0.05, 0.1) is 16.1 Å². The van der Waals surface area contributed by atoms with Gasteiger partial charge in [-0.3, -0.25) is 4.57 Å². The molecule has 0 aliphatic heterocycles. The average molecular weight is 454 g/mol. The molecule has 1 N–H and O–H groups in total. The molecular formula is C21H25Cl2N3O2S. The molecule has 0 aliphatic carbocycles. The minimum Gasteiger partial charge on any atom is -0.296 e. The second-order valence-electron chi connectivity index (χ2n) is 7.95. The third-order valence-electron chi connectivity index (χ3n) is 4.40. The Bertz CT molecular complexity index is 1130. The summed E-state index contributed by atoms with van der Waals surface area (Å²) in [6, 6.07) is 11.3. The molecule has 0 saturated heterocycles. The number of fused-ring (bicyclic) bond motifs is 1. The number of alkyl halides is 1. The van der Waals surface area contributed by atoms with Crippen molar-refractivity contribution in [2.45, 2.75) is 51.0 Å². The van der Waals surface area contributed by atoms with Crippen molar-refractivity contribution in [1.29, 1.82) is 0 Å². The lowest BCUT2D eigenvalue weighted by Gasteiger charge is -2.20. The number of hydrogen-bond donors (Lipinski definition) is 1. The van der Waals surface area contributed by atoms with E-state index in [1.807, 2.05) is 35.8 Å². The first-order valence-corrected chi connectivity index (χ1v) is 11.9. The average Bonchev–Trinajstić information content (AvgIpc) is 2.97. The summed E-state index contributed by atoms with van der Waals surface area (Å²) in [5.74, 6) is 1.41. The zero-order valence-electron chi connectivity index (χ0n) is 17.0. The molecule has 3 aromatic rings. The number of halogens is 2. The predicted molar refractivity (Wildman–Crippen MR) is 120 cm³/mol. The molecule has 1 aromatic heterocycles. The largest absolute Gasteiger partial charge is 0.296 e. The summed E-state index contributed by atoms with van der Waals surface area (Å²) in [5, 5.41) is 0.164. The number of sulfonamides is 1. The third-order valence-corrected chi connectivity index (χ3v) is 6.81. The third kappa shape index (κ3) is 4.77. The summed E-state index contributed by atoms with van der Waals surface area (Å²) in [6.45, 7) is 7.37. The minimum atomic E-state index is -3.77. The molecule has 29 heavy (non-hydrogen) atoms. The second kappa shape index (κ2) is 8.26. The van der Waals surface area contributed by atoms with E-state index in [9.17, 15) is 8.42 Å². The van der Waals surface area contributed by atoms with Gasteiger partial charge in [-0.15, -0.1) is 11.6 Å². The molecule has 0 aliphatic rings. The van der Waals surface area contributed by atoms with Gasteiger partial charge in [0, 0.05) is 23.5 Å². The van der Waals surface area contributed by atoms with Gasteiger partial charge in [-0.1, -0.05) is 30.7 Å². The molecule has 3 rings (SSSR count). The Morgan fingerprint density at radius 3 is 2.34 bits per heavy atom. The lowest BCUT2D eigenvalue weighted by atomic mass is 10.1. The van der Waals surface area contributed by atoms with Crippen molar-refractivity contribution in [2.24, 2.45) is 0 Å². The lowest BCUT2D eigenvalue weighted by Crippen LogP contribution is -2.40. The van der Waals surface area contributed by atoms with Crippen molar-refractivity contribution >= 4 is 44.3 Å². The maximum absolute atomic E-state index is 12.8. The number of rotatable bonds is 6.